The summed E-state index contributed by atoms with van der Waals surface area (Å²) in [6, 6.07) is 39.9. The predicted octanol–water partition coefficient (Wildman–Crippen LogP) is 7.85. The van der Waals surface area contributed by atoms with Gasteiger partial charge in [-0.15, -0.1) is 0 Å². The fourth-order valence-corrected chi connectivity index (χ4v) is 11.8. The summed E-state index contributed by atoms with van der Waals surface area (Å²) in [5.41, 5.74) is 0.698. The van der Waals surface area contributed by atoms with Crippen LogP contribution in [0.1, 0.15) is 49.1 Å². The number of halogens is 4. The highest BCUT2D eigenvalue weighted by Gasteiger charge is 2.64. The topological polar surface area (TPSA) is 153 Å². The molecule has 0 aliphatic heterocycles. The van der Waals surface area contributed by atoms with Gasteiger partial charge in [0.1, 0.15) is 0 Å². The van der Waals surface area contributed by atoms with Crippen LogP contribution in [-0.4, -0.2) is 63.7 Å². The van der Waals surface area contributed by atoms with Crippen molar-refractivity contribution in [3.8, 4) is 0 Å². The Balaban J connectivity index is 0.000000184. The molecule has 4 fully saturated rings. The minimum Gasteiger partial charge on any atom is -0.743 e. The largest absolute Gasteiger partial charge is 0.743 e. The quantitative estimate of drug-likeness (QED) is 0.0507. The van der Waals surface area contributed by atoms with Gasteiger partial charge in [0.2, 0.25) is 0 Å². The molecule has 0 heterocycles. The fourth-order valence-electron chi connectivity index (χ4n) is 8.32. The van der Waals surface area contributed by atoms with Gasteiger partial charge in [-0.1, -0.05) is 84.4 Å². The minimum absolute atomic E-state index is 0.0146. The standard InChI is InChI=1S/C20H24F2O5S.C18H15S.C3H4F2O5S/c1-12-4-3-5-15(6-12)17-16-8-13-7-14(9-16)11-19(17,10-13)27-28(24,25)20(21,22)18(23)26-2;1-4-10-16(11-5-1)19(17-12-6-2-7-13-17)18-14-8-3-9-15-18;1-10-2(6)3(4,5)11(7,8)9/h3-6,13-14,16-17H,7-11H2,1-2H3;1-15H;1H3,(H,7,8,9)/q;+1;/p-1. The van der Waals surface area contributed by atoms with Crippen molar-refractivity contribution < 1.29 is 62.2 Å². The van der Waals surface area contributed by atoms with Crippen LogP contribution in [0.15, 0.2) is 130 Å². The molecule has 4 saturated carbocycles. The summed E-state index contributed by atoms with van der Waals surface area (Å²) < 4.78 is 119. The van der Waals surface area contributed by atoms with Gasteiger partial charge in [0, 0.05) is 5.92 Å². The Kier molecular flexibility index (Phi) is 13.8. The lowest BCUT2D eigenvalue weighted by Gasteiger charge is -2.60. The van der Waals surface area contributed by atoms with Crippen molar-refractivity contribution in [3.63, 3.8) is 0 Å². The third kappa shape index (κ3) is 9.60. The summed E-state index contributed by atoms with van der Waals surface area (Å²) >= 11 is 0. The van der Waals surface area contributed by atoms with Gasteiger partial charge < -0.3 is 14.0 Å². The first-order valence-corrected chi connectivity index (χ1v) is 22.1. The average Bonchev–Trinajstić information content (AvgIpc) is 3.18. The van der Waals surface area contributed by atoms with Crippen molar-refractivity contribution in [2.75, 3.05) is 14.2 Å². The Bertz CT molecular complexity index is 2150. The van der Waals surface area contributed by atoms with E-state index in [1.807, 2.05) is 31.2 Å². The smallest absolute Gasteiger partial charge is 0.466 e. The SMILES string of the molecule is COC(=O)C(F)(F)S(=O)(=O)OC12CC3CC(CC(C3)C1c1cccc(C)c1)C2.COC(=O)C(F)(F)S(=O)(=O)[O-].c1ccc([S+](c2ccccc2)c2ccccc2)cc1. The van der Waals surface area contributed by atoms with Crippen molar-refractivity contribution in [2.45, 2.75) is 75.7 Å². The maximum absolute atomic E-state index is 14.3. The van der Waals surface area contributed by atoms with Gasteiger partial charge in [-0.05, 0) is 98.7 Å². The average molecular weight is 867 g/mol. The van der Waals surface area contributed by atoms with Crippen LogP contribution in [0.2, 0.25) is 0 Å². The van der Waals surface area contributed by atoms with Gasteiger partial charge in [-0.3, -0.25) is 4.18 Å². The third-order valence-electron chi connectivity index (χ3n) is 10.3. The number of methoxy groups -OCH3 is 2. The molecule has 4 aromatic carbocycles. The maximum atomic E-state index is 14.3. The molecule has 0 amide bonds. The number of esters is 2. The molecule has 17 heteroatoms. The van der Waals surface area contributed by atoms with E-state index in [2.05, 4.69) is 100 Å². The molecule has 3 unspecified atom stereocenters. The van der Waals surface area contributed by atoms with Crippen LogP contribution in [0.5, 0.6) is 0 Å². The highest BCUT2D eigenvalue weighted by Crippen LogP contribution is 2.64. The van der Waals surface area contributed by atoms with Crippen LogP contribution < -0.4 is 0 Å². The van der Waals surface area contributed by atoms with E-state index in [-0.39, 0.29) is 34.6 Å². The van der Waals surface area contributed by atoms with Gasteiger partial charge in [0.25, 0.3) is 0 Å². The molecular weight excluding hydrogens is 825 g/mol. The Morgan fingerprint density at radius 1 is 0.672 bits per heavy atom. The van der Waals surface area contributed by atoms with Crippen molar-refractivity contribution >= 4 is 43.1 Å². The molecule has 3 atom stereocenters. The van der Waals surface area contributed by atoms with Gasteiger partial charge in [0.15, 0.2) is 24.8 Å². The Labute approximate surface area is 338 Å². The molecule has 0 saturated heterocycles. The summed E-state index contributed by atoms with van der Waals surface area (Å²) in [6.45, 7) is 1.94. The lowest BCUT2D eigenvalue weighted by Crippen LogP contribution is -2.59. The number of benzene rings is 4. The lowest BCUT2D eigenvalue weighted by atomic mass is 9.48. The number of rotatable bonds is 10. The van der Waals surface area contributed by atoms with E-state index in [0.717, 1.165) is 37.5 Å². The summed E-state index contributed by atoms with van der Waals surface area (Å²) in [5.74, 6) is -4.07. The van der Waals surface area contributed by atoms with Gasteiger partial charge in [0.05, 0.1) is 30.7 Å². The Morgan fingerprint density at radius 3 is 1.48 bits per heavy atom. The molecule has 58 heavy (non-hydrogen) atoms. The molecule has 8 rings (SSSR count). The number of carbonyl (C=O) groups excluding carboxylic acids is 2. The highest BCUT2D eigenvalue weighted by atomic mass is 32.2. The van der Waals surface area contributed by atoms with Crippen molar-refractivity contribution in [2.24, 2.45) is 17.8 Å². The van der Waals surface area contributed by atoms with E-state index in [1.54, 1.807) is 0 Å². The zero-order chi connectivity index (χ0) is 42.5. The third-order valence-corrected chi connectivity index (χ3v) is 14.7. The number of alkyl halides is 4. The predicted molar refractivity (Wildman–Crippen MR) is 205 cm³/mol. The fraction of sp³-hybridized carbons (Fsp3) is 0.366. The summed E-state index contributed by atoms with van der Waals surface area (Å²) in [5, 5.41) is -9.73. The van der Waals surface area contributed by atoms with Gasteiger partial charge in [-0.2, -0.15) is 26.0 Å². The second-order valence-electron chi connectivity index (χ2n) is 14.3. The van der Waals surface area contributed by atoms with Crippen LogP contribution in [0, 0.1) is 24.7 Å². The molecule has 312 valence electrons. The van der Waals surface area contributed by atoms with Crippen LogP contribution >= 0.6 is 0 Å². The van der Waals surface area contributed by atoms with E-state index in [9.17, 15) is 48.5 Å². The number of ether oxygens (including phenoxy) is 2. The molecule has 0 aromatic heterocycles. The van der Waals surface area contributed by atoms with E-state index in [4.69, 9.17) is 4.18 Å². The molecule has 0 spiro atoms. The molecule has 0 radical (unpaired) electrons. The maximum Gasteiger partial charge on any atom is 0.466 e. The molecule has 4 bridgehead atoms. The second kappa shape index (κ2) is 17.9. The zero-order valence-corrected chi connectivity index (χ0v) is 34.1. The number of aryl methyl sites for hydroxylation is 1. The first kappa shape index (κ1) is 44.8. The second-order valence-corrected chi connectivity index (χ2v) is 19.4. The van der Waals surface area contributed by atoms with E-state index in [1.165, 1.54) is 14.7 Å². The summed E-state index contributed by atoms with van der Waals surface area (Å²) in [4.78, 5) is 25.4. The molecule has 10 nitrogen and oxygen atoms in total. The van der Waals surface area contributed by atoms with Crippen LogP contribution in [-0.2, 0) is 54.4 Å². The molecular formula is C41H42F4O10S3. The summed E-state index contributed by atoms with van der Waals surface area (Å²) in [6.07, 6.45) is 3.71. The highest BCUT2D eigenvalue weighted by molar-refractivity contribution is 7.97. The van der Waals surface area contributed by atoms with Crippen LogP contribution in [0.25, 0.3) is 0 Å². The normalized spacial score (nSPS) is 22.5. The van der Waals surface area contributed by atoms with Crippen molar-refractivity contribution in [3.05, 3.63) is 126 Å². The first-order chi connectivity index (χ1) is 27.3. The molecule has 0 N–H and O–H groups in total. The van der Waals surface area contributed by atoms with Gasteiger partial charge in [-0.25, -0.2) is 18.0 Å². The van der Waals surface area contributed by atoms with E-state index in [0.29, 0.717) is 20.0 Å². The lowest BCUT2D eigenvalue weighted by molar-refractivity contribution is -0.161. The monoisotopic (exact) mass is 866 g/mol. The Hall–Kier alpha value is -4.29. The first-order valence-electron chi connectivity index (χ1n) is 18.1. The molecule has 4 aromatic rings. The van der Waals surface area contributed by atoms with Crippen LogP contribution in [0.4, 0.5) is 17.6 Å². The number of carbonyl (C=O) groups is 2. The van der Waals surface area contributed by atoms with Gasteiger partial charge >= 0.3 is 32.6 Å². The zero-order valence-electron chi connectivity index (χ0n) is 31.6. The van der Waals surface area contributed by atoms with E-state index >= 15 is 0 Å². The number of hydrogen-bond acceptors (Lipinski definition) is 10. The van der Waals surface area contributed by atoms with Crippen molar-refractivity contribution in [1.82, 2.24) is 0 Å². The summed E-state index contributed by atoms with van der Waals surface area (Å²) in [7, 11) is -10.2. The molecule has 4 aliphatic carbocycles. The van der Waals surface area contributed by atoms with E-state index < -0.39 is 48.3 Å². The number of hydrogen-bond donors (Lipinski definition) is 0. The Morgan fingerprint density at radius 2 is 1.10 bits per heavy atom. The molecule has 4 aliphatic rings. The minimum atomic E-state index is -5.97. The van der Waals surface area contributed by atoms with Crippen LogP contribution in [0.3, 0.4) is 0 Å². The van der Waals surface area contributed by atoms with Crippen molar-refractivity contribution in [1.29, 1.82) is 0 Å².